The molecule has 3 rings (SSSR count). The highest BCUT2D eigenvalue weighted by Gasteiger charge is 2.18. The summed E-state index contributed by atoms with van der Waals surface area (Å²) in [5.74, 6) is -0.673. The van der Waals surface area contributed by atoms with Crippen molar-refractivity contribution in [3.05, 3.63) is 86.7 Å². The highest BCUT2D eigenvalue weighted by Crippen LogP contribution is 2.07. The fourth-order valence-corrected chi connectivity index (χ4v) is 2.28. The van der Waals surface area contributed by atoms with E-state index in [9.17, 15) is 14.4 Å². The second-order valence-corrected chi connectivity index (χ2v) is 5.56. The van der Waals surface area contributed by atoms with Crippen LogP contribution in [0.4, 0.5) is 5.69 Å². The maximum absolute atomic E-state index is 12.4. The van der Waals surface area contributed by atoms with E-state index in [4.69, 9.17) is 0 Å². The van der Waals surface area contributed by atoms with E-state index in [0.717, 1.165) is 14.8 Å². The molecule has 7 heteroatoms. The van der Waals surface area contributed by atoms with Crippen molar-refractivity contribution < 1.29 is 4.79 Å². The number of amides is 1. The lowest BCUT2D eigenvalue weighted by Crippen LogP contribution is -2.43. The second kappa shape index (κ2) is 6.56. The lowest BCUT2D eigenvalue weighted by atomic mass is 10.2. The third-order valence-electron chi connectivity index (χ3n) is 3.70. The molecule has 1 aromatic heterocycles. The highest BCUT2D eigenvalue weighted by molar-refractivity contribution is 6.02. The van der Waals surface area contributed by atoms with Crippen LogP contribution in [-0.4, -0.2) is 20.3 Å². The van der Waals surface area contributed by atoms with E-state index in [1.165, 1.54) is 7.05 Å². The van der Waals surface area contributed by atoms with Crippen LogP contribution < -0.4 is 16.6 Å². The van der Waals surface area contributed by atoms with Crippen LogP contribution in [0.1, 0.15) is 16.1 Å². The number of benzene rings is 2. The van der Waals surface area contributed by atoms with Crippen molar-refractivity contribution in [2.24, 2.45) is 7.05 Å². The standard InChI is InChI=1S/C18H16N4O3/c1-12-8-10-14(11-9-12)22-18(25)21(2)17(24)15(20-22)16(23)19-13-6-4-3-5-7-13/h3-11H,1-2H3,(H,19,23). The van der Waals surface area contributed by atoms with E-state index in [1.807, 2.05) is 25.1 Å². The number of aromatic nitrogens is 3. The predicted molar refractivity (Wildman–Crippen MR) is 94.2 cm³/mol. The number of anilines is 1. The monoisotopic (exact) mass is 336 g/mol. The van der Waals surface area contributed by atoms with Crippen LogP contribution in [0.5, 0.6) is 0 Å². The zero-order chi connectivity index (χ0) is 18.0. The molecule has 0 saturated heterocycles. The maximum atomic E-state index is 12.4. The average Bonchev–Trinajstić information content (AvgIpc) is 2.62. The molecule has 3 aromatic rings. The van der Waals surface area contributed by atoms with Crippen LogP contribution in [-0.2, 0) is 7.05 Å². The van der Waals surface area contributed by atoms with E-state index < -0.39 is 17.2 Å². The van der Waals surface area contributed by atoms with E-state index in [2.05, 4.69) is 10.4 Å². The minimum Gasteiger partial charge on any atom is -0.320 e. The summed E-state index contributed by atoms with van der Waals surface area (Å²) in [6.45, 7) is 1.92. The first-order chi connectivity index (χ1) is 12.0. The Morgan fingerprint density at radius 2 is 1.64 bits per heavy atom. The van der Waals surface area contributed by atoms with Crippen LogP contribution in [0.15, 0.2) is 64.2 Å². The first-order valence-electron chi connectivity index (χ1n) is 7.61. The average molecular weight is 336 g/mol. The zero-order valence-corrected chi connectivity index (χ0v) is 13.8. The van der Waals surface area contributed by atoms with Gasteiger partial charge >= 0.3 is 5.69 Å². The van der Waals surface area contributed by atoms with Gasteiger partial charge in [0.2, 0.25) is 5.69 Å². The molecule has 2 aromatic carbocycles. The van der Waals surface area contributed by atoms with Gasteiger partial charge in [0.1, 0.15) is 0 Å². The lowest BCUT2D eigenvalue weighted by molar-refractivity contribution is 0.101. The smallest absolute Gasteiger partial charge is 0.320 e. The lowest BCUT2D eigenvalue weighted by Gasteiger charge is -2.10. The van der Waals surface area contributed by atoms with Crippen LogP contribution in [0, 0.1) is 6.92 Å². The molecule has 1 amide bonds. The third-order valence-corrected chi connectivity index (χ3v) is 3.70. The Morgan fingerprint density at radius 3 is 2.28 bits per heavy atom. The van der Waals surface area contributed by atoms with Gasteiger partial charge in [0.15, 0.2) is 0 Å². The summed E-state index contributed by atoms with van der Waals surface area (Å²) in [5.41, 5.74) is 0.298. The van der Waals surface area contributed by atoms with Crippen LogP contribution in [0.3, 0.4) is 0 Å². The van der Waals surface area contributed by atoms with Gasteiger partial charge in [0, 0.05) is 12.7 Å². The number of carbonyl (C=O) groups excluding carboxylic acids is 1. The van der Waals surface area contributed by atoms with Crippen molar-refractivity contribution in [1.29, 1.82) is 0 Å². The molecule has 0 spiro atoms. The molecule has 126 valence electrons. The number of carbonyl (C=O) groups is 1. The van der Waals surface area contributed by atoms with Crippen molar-refractivity contribution in [2.45, 2.75) is 6.92 Å². The molecule has 0 unspecified atom stereocenters. The van der Waals surface area contributed by atoms with Crippen molar-refractivity contribution in [3.63, 3.8) is 0 Å². The van der Waals surface area contributed by atoms with Gasteiger partial charge in [-0.3, -0.25) is 14.2 Å². The fraction of sp³-hybridized carbons (Fsp3) is 0.111. The molecule has 1 heterocycles. The fourth-order valence-electron chi connectivity index (χ4n) is 2.28. The molecule has 0 saturated carbocycles. The van der Waals surface area contributed by atoms with Gasteiger partial charge in [0.05, 0.1) is 5.69 Å². The number of nitrogens with one attached hydrogen (secondary N) is 1. The van der Waals surface area contributed by atoms with E-state index in [-0.39, 0.29) is 5.69 Å². The van der Waals surface area contributed by atoms with Gasteiger partial charge < -0.3 is 5.32 Å². The van der Waals surface area contributed by atoms with Gasteiger partial charge in [0.25, 0.3) is 11.5 Å². The molecule has 1 N–H and O–H groups in total. The van der Waals surface area contributed by atoms with Gasteiger partial charge in [-0.05, 0) is 31.2 Å². The van der Waals surface area contributed by atoms with Crippen LogP contribution in [0.2, 0.25) is 0 Å². The van der Waals surface area contributed by atoms with Crippen molar-refractivity contribution in [1.82, 2.24) is 14.3 Å². The Bertz CT molecular complexity index is 1030. The van der Waals surface area contributed by atoms with Crippen molar-refractivity contribution in [2.75, 3.05) is 5.32 Å². The van der Waals surface area contributed by atoms with E-state index >= 15 is 0 Å². The molecule has 25 heavy (non-hydrogen) atoms. The Hall–Kier alpha value is -3.48. The minimum absolute atomic E-state index is 0.355. The molecule has 0 fully saturated rings. The van der Waals surface area contributed by atoms with Gasteiger partial charge in [-0.25, -0.2) is 4.79 Å². The number of rotatable bonds is 3. The molecule has 0 aliphatic carbocycles. The highest BCUT2D eigenvalue weighted by atomic mass is 16.2. The molecule has 0 radical (unpaired) electrons. The second-order valence-electron chi connectivity index (χ2n) is 5.56. The van der Waals surface area contributed by atoms with Crippen molar-refractivity contribution in [3.8, 4) is 5.69 Å². The van der Waals surface area contributed by atoms with Gasteiger partial charge in [-0.1, -0.05) is 35.9 Å². The summed E-state index contributed by atoms with van der Waals surface area (Å²) in [6.07, 6.45) is 0. The molecule has 0 atom stereocenters. The number of hydrogen-bond acceptors (Lipinski definition) is 4. The first-order valence-corrected chi connectivity index (χ1v) is 7.61. The van der Waals surface area contributed by atoms with Crippen LogP contribution >= 0.6 is 0 Å². The molecule has 0 bridgehead atoms. The molecule has 0 aliphatic heterocycles. The quantitative estimate of drug-likeness (QED) is 0.785. The summed E-state index contributed by atoms with van der Waals surface area (Å²) in [5, 5.41) is 6.59. The SMILES string of the molecule is Cc1ccc(-n2nc(C(=O)Nc3ccccc3)c(=O)n(C)c2=O)cc1. The molecular weight excluding hydrogens is 320 g/mol. The predicted octanol–water partition coefficient (Wildman–Crippen LogP) is 1.49. The summed E-state index contributed by atoms with van der Waals surface area (Å²) in [4.78, 5) is 37.1. The molecule has 0 aliphatic rings. The molecular formula is C18H16N4O3. The Balaban J connectivity index is 2.08. The summed E-state index contributed by atoms with van der Waals surface area (Å²) in [6, 6.07) is 15.8. The molecule has 7 nitrogen and oxygen atoms in total. The Kier molecular flexibility index (Phi) is 4.30. The first kappa shape index (κ1) is 16.4. The summed E-state index contributed by atoms with van der Waals surface area (Å²) >= 11 is 0. The van der Waals surface area contributed by atoms with E-state index in [1.54, 1.807) is 36.4 Å². The minimum atomic E-state index is -0.748. The Morgan fingerprint density at radius 1 is 1.00 bits per heavy atom. The number of hydrogen-bond donors (Lipinski definition) is 1. The normalized spacial score (nSPS) is 10.5. The number of nitrogens with zero attached hydrogens (tertiary/aromatic N) is 3. The number of para-hydroxylation sites is 1. The van der Waals surface area contributed by atoms with Gasteiger partial charge in [-0.2, -0.15) is 9.78 Å². The van der Waals surface area contributed by atoms with Crippen molar-refractivity contribution >= 4 is 11.6 Å². The zero-order valence-electron chi connectivity index (χ0n) is 13.8. The van der Waals surface area contributed by atoms with Gasteiger partial charge in [-0.15, -0.1) is 0 Å². The number of aryl methyl sites for hydroxylation is 1. The summed E-state index contributed by atoms with van der Waals surface area (Å²) < 4.78 is 1.91. The maximum Gasteiger partial charge on any atom is 0.351 e. The Labute approximate surface area is 143 Å². The largest absolute Gasteiger partial charge is 0.351 e. The topological polar surface area (TPSA) is 86.0 Å². The van der Waals surface area contributed by atoms with E-state index in [0.29, 0.717) is 11.4 Å². The van der Waals surface area contributed by atoms with Crippen LogP contribution in [0.25, 0.3) is 5.69 Å². The summed E-state index contributed by atoms with van der Waals surface area (Å²) in [7, 11) is 1.32. The third kappa shape index (κ3) is 3.25.